The van der Waals surface area contributed by atoms with Crippen LogP contribution in [0.4, 0.5) is 17.5 Å². The van der Waals surface area contributed by atoms with Gasteiger partial charge in [-0.05, 0) is 50.3 Å². The second kappa shape index (κ2) is 9.35. The number of aromatic nitrogens is 3. The van der Waals surface area contributed by atoms with E-state index in [0.717, 1.165) is 59.0 Å². The van der Waals surface area contributed by atoms with E-state index in [1.165, 1.54) is 49.3 Å². The quantitative estimate of drug-likeness (QED) is 0.564. The number of carbonyl (C=O) groups excluding carboxylic acids is 1. The van der Waals surface area contributed by atoms with Gasteiger partial charge in [0.05, 0.1) is 33.2 Å². The minimum absolute atomic E-state index is 0.0556. The Morgan fingerprint density at radius 1 is 1.06 bits per heavy atom. The molecule has 1 saturated carbocycles. The van der Waals surface area contributed by atoms with E-state index in [2.05, 4.69) is 31.2 Å². The molecule has 5 heterocycles. The molecule has 1 amide bonds. The summed E-state index contributed by atoms with van der Waals surface area (Å²) in [5.41, 5.74) is 3.20. The van der Waals surface area contributed by atoms with Gasteiger partial charge in [0.15, 0.2) is 0 Å². The van der Waals surface area contributed by atoms with Crippen molar-refractivity contribution in [2.75, 3.05) is 50.5 Å². The average molecular weight is 492 g/mol. The molecule has 0 radical (unpaired) electrons. The maximum atomic E-state index is 12.9. The van der Waals surface area contributed by atoms with Gasteiger partial charge in [-0.25, -0.2) is 15.0 Å². The van der Waals surface area contributed by atoms with Crippen molar-refractivity contribution in [2.24, 2.45) is 0 Å². The standard InChI is InChI=1S/C26H33N7OS/c1-31(2)25(34)24-22(17-6-3-4-7-17)23-20(35-24)15-28-26(30-23)29-21-10-9-18(14-27-21)33-13-12-32-11-5-8-19(32)16-33/h9-10,14-15,17,19H,3-8,11-13,16H2,1-2H3,(H,27,28,29,30). The lowest BCUT2D eigenvalue weighted by Gasteiger charge is -2.38. The smallest absolute Gasteiger partial charge is 0.263 e. The van der Waals surface area contributed by atoms with Crippen LogP contribution in [0, 0.1) is 0 Å². The maximum absolute atomic E-state index is 12.9. The van der Waals surface area contributed by atoms with Gasteiger partial charge in [-0.15, -0.1) is 11.3 Å². The van der Waals surface area contributed by atoms with Crippen molar-refractivity contribution < 1.29 is 4.79 Å². The molecule has 1 atom stereocenters. The molecular formula is C26H33N7OS. The van der Waals surface area contributed by atoms with Crippen molar-refractivity contribution in [3.05, 3.63) is 35.0 Å². The van der Waals surface area contributed by atoms with Crippen LogP contribution in [-0.4, -0.2) is 77.0 Å². The van der Waals surface area contributed by atoms with Crippen LogP contribution in [0.25, 0.3) is 10.2 Å². The van der Waals surface area contributed by atoms with Gasteiger partial charge in [0, 0.05) is 45.3 Å². The Bertz CT molecular complexity index is 1220. The highest BCUT2D eigenvalue weighted by Crippen LogP contribution is 2.43. The first-order valence-electron chi connectivity index (χ1n) is 12.8. The zero-order chi connectivity index (χ0) is 23.9. The largest absolute Gasteiger partial charge is 0.367 e. The van der Waals surface area contributed by atoms with E-state index in [-0.39, 0.29) is 5.91 Å². The summed E-state index contributed by atoms with van der Waals surface area (Å²) < 4.78 is 0.969. The summed E-state index contributed by atoms with van der Waals surface area (Å²) >= 11 is 1.52. The molecule has 3 aromatic rings. The fourth-order valence-electron chi connectivity index (χ4n) is 5.91. The second-order valence-electron chi connectivity index (χ2n) is 10.2. The van der Waals surface area contributed by atoms with E-state index < -0.39 is 0 Å². The van der Waals surface area contributed by atoms with Crippen molar-refractivity contribution in [1.82, 2.24) is 24.8 Å². The highest BCUT2D eigenvalue weighted by atomic mass is 32.1. The van der Waals surface area contributed by atoms with Crippen LogP contribution in [0.2, 0.25) is 0 Å². The first-order chi connectivity index (χ1) is 17.1. The van der Waals surface area contributed by atoms with Crippen LogP contribution in [0.15, 0.2) is 24.5 Å². The summed E-state index contributed by atoms with van der Waals surface area (Å²) in [4.78, 5) is 34.6. The van der Waals surface area contributed by atoms with Gasteiger partial charge >= 0.3 is 0 Å². The number of rotatable bonds is 5. The Hall–Kier alpha value is -2.78. The molecule has 35 heavy (non-hydrogen) atoms. The first-order valence-corrected chi connectivity index (χ1v) is 13.6. The summed E-state index contributed by atoms with van der Waals surface area (Å²) in [6.07, 6.45) is 11.1. The van der Waals surface area contributed by atoms with Crippen molar-refractivity contribution in [3.8, 4) is 0 Å². The number of carbonyl (C=O) groups is 1. The van der Waals surface area contributed by atoms with Gasteiger partial charge in [-0.1, -0.05) is 12.8 Å². The third-order valence-corrected chi connectivity index (χ3v) is 8.89. The number of thiophene rings is 1. The monoisotopic (exact) mass is 491 g/mol. The Morgan fingerprint density at radius 3 is 2.69 bits per heavy atom. The molecule has 1 unspecified atom stereocenters. The second-order valence-corrected chi connectivity index (χ2v) is 11.3. The maximum Gasteiger partial charge on any atom is 0.263 e. The van der Waals surface area contributed by atoms with Crippen LogP contribution >= 0.6 is 11.3 Å². The van der Waals surface area contributed by atoms with Gasteiger partial charge in [-0.2, -0.15) is 0 Å². The van der Waals surface area contributed by atoms with E-state index in [1.807, 2.05) is 32.6 Å². The molecule has 3 aromatic heterocycles. The van der Waals surface area contributed by atoms with Crippen LogP contribution in [0.1, 0.15) is 59.7 Å². The van der Waals surface area contributed by atoms with E-state index in [4.69, 9.17) is 4.98 Å². The minimum Gasteiger partial charge on any atom is -0.367 e. The molecule has 6 rings (SSSR count). The van der Waals surface area contributed by atoms with Gasteiger partial charge in [0.25, 0.3) is 5.91 Å². The van der Waals surface area contributed by atoms with Crippen LogP contribution in [-0.2, 0) is 0 Å². The predicted octanol–water partition coefficient (Wildman–Crippen LogP) is 4.47. The molecular weight excluding hydrogens is 458 g/mol. The SMILES string of the molecule is CN(C)C(=O)c1sc2cnc(Nc3ccc(N4CCN5CCCC5C4)cn3)nc2c1C1CCCC1. The lowest BCUT2D eigenvalue weighted by molar-refractivity contribution is 0.0831. The summed E-state index contributed by atoms with van der Waals surface area (Å²) in [6, 6.07) is 4.84. The lowest BCUT2D eigenvalue weighted by Crippen LogP contribution is -2.50. The Morgan fingerprint density at radius 2 is 1.91 bits per heavy atom. The topological polar surface area (TPSA) is 77.5 Å². The Balaban J connectivity index is 1.24. The first kappa shape index (κ1) is 22.7. The zero-order valence-electron chi connectivity index (χ0n) is 20.5. The van der Waals surface area contributed by atoms with E-state index in [9.17, 15) is 4.79 Å². The molecule has 1 N–H and O–H groups in total. The fourth-order valence-corrected chi connectivity index (χ4v) is 7.13. The van der Waals surface area contributed by atoms with E-state index >= 15 is 0 Å². The number of amides is 1. The van der Waals surface area contributed by atoms with E-state index in [0.29, 0.717) is 17.9 Å². The molecule has 0 bridgehead atoms. The number of nitrogens with one attached hydrogen (secondary N) is 1. The number of piperazine rings is 1. The highest BCUT2D eigenvalue weighted by molar-refractivity contribution is 7.21. The number of hydrogen-bond acceptors (Lipinski definition) is 8. The molecule has 1 aliphatic carbocycles. The molecule has 3 fully saturated rings. The Labute approximate surface area is 210 Å². The van der Waals surface area contributed by atoms with Crippen molar-refractivity contribution >= 4 is 44.9 Å². The summed E-state index contributed by atoms with van der Waals surface area (Å²) in [6.45, 7) is 4.54. The molecule has 0 aromatic carbocycles. The molecule has 0 spiro atoms. The van der Waals surface area contributed by atoms with Gasteiger partial charge < -0.3 is 15.1 Å². The predicted molar refractivity (Wildman–Crippen MR) is 141 cm³/mol. The summed E-state index contributed by atoms with van der Waals surface area (Å²) in [7, 11) is 3.62. The number of anilines is 3. The van der Waals surface area contributed by atoms with E-state index in [1.54, 1.807) is 4.90 Å². The summed E-state index contributed by atoms with van der Waals surface area (Å²) in [5.74, 6) is 1.70. The molecule has 3 aliphatic rings. The van der Waals surface area contributed by atoms with Crippen LogP contribution in [0.5, 0.6) is 0 Å². The van der Waals surface area contributed by atoms with Gasteiger partial charge in [0.1, 0.15) is 5.82 Å². The normalized spacial score (nSPS) is 21.0. The lowest BCUT2D eigenvalue weighted by atomic mass is 9.96. The van der Waals surface area contributed by atoms with Gasteiger partial charge in [0.2, 0.25) is 5.95 Å². The van der Waals surface area contributed by atoms with Crippen molar-refractivity contribution in [2.45, 2.75) is 50.5 Å². The fraction of sp³-hybridized carbons (Fsp3) is 0.538. The number of pyridine rings is 1. The molecule has 8 nitrogen and oxygen atoms in total. The molecule has 184 valence electrons. The highest BCUT2D eigenvalue weighted by Gasteiger charge is 2.31. The molecule has 2 aliphatic heterocycles. The zero-order valence-corrected chi connectivity index (χ0v) is 21.4. The number of hydrogen-bond donors (Lipinski definition) is 1. The van der Waals surface area contributed by atoms with Crippen LogP contribution < -0.4 is 10.2 Å². The third-order valence-electron chi connectivity index (χ3n) is 7.77. The number of fused-ring (bicyclic) bond motifs is 2. The van der Waals surface area contributed by atoms with Crippen LogP contribution in [0.3, 0.4) is 0 Å². The van der Waals surface area contributed by atoms with Crippen molar-refractivity contribution in [3.63, 3.8) is 0 Å². The minimum atomic E-state index is 0.0556. The van der Waals surface area contributed by atoms with Gasteiger partial charge in [-0.3, -0.25) is 9.69 Å². The molecule has 9 heteroatoms. The Kier molecular flexibility index (Phi) is 6.06. The third kappa shape index (κ3) is 4.36. The molecule has 2 saturated heterocycles. The number of nitrogens with zero attached hydrogens (tertiary/aromatic N) is 6. The summed E-state index contributed by atoms with van der Waals surface area (Å²) in [5, 5.41) is 3.29. The van der Waals surface area contributed by atoms with Crippen molar-refractivity contribution in [1.29, 1.82) is 0 Å². The average Bonchev–Trinajstić information content (AvgIpc) is 3.62.